The number of rotatable bonds is 6. The number of hydrogen-bond acceptors (Lipinski definition) is 3. The zero-order chi connectivity index (χ0) is 16.5. The molecule has 5 heteroatoms. The summed E-state index contributed by atoms with van der Waals surface area (Å²) in [4.78, 5) is 0. The van der Waals surface area contributed by atoms with E-state index < -0.39 is 15.4 Å². The first-order valence-corrected chi connectivity index (χ1v) is 9.46. The fourth-order valence-corrected chi connectivity index (χ4v) is 4.77. The highest BCUT2D eigenvalue weighted by Crippen LogP contribution is 2.45. The maximum absolute atomic E-state index is 12.2. The first kappa shape index (κ1) is 16.0. The quantitative estimate of drug-likeness (QED) is 0.886. The number of fused-ring (bicyclic) bond motifs is 1. The van der Waals surface area contributed by atoms with E-state index in [1.807, 2.05) is 25.1 Å². The van der Waals surface area contributed by atoms with Crippen LogP contribution in [0, 0.1) is 16.7 Å². The number of benzene rings is 2. The lowest BCUT2D eigenvalue weighted by atomic mass is 10.0. The van der Waals surface area contributed by atoms with E-state index in [0.29, 0.717) is 19.3 Å². The number of nitrogens with zero attached hydrogens (tertiary/aromatic N) is 1. The smallest absolute Gasteiger partial charge is 0.212 e. The van der Waals surface area contributed by atoms with Gasteiger partial charge < -0.3 is 0 Å². The van der Waals surface area contributed by atoms with Gasteiger partial charge in [0.15, 0.2) is 0 Å². The van der Waals surface area contributed by atoms with Gasteiger partial charge in [0.2, 0.25) is 10.0 Å². The molecule has 0 spiro atoms. The van der Waals surface area contributed by atoms with Gasteiger partial charge in [-0.3, -0.25) is 0 Å². The molecule has 0 aromatic heterocycles. The summed E-state index contributed by atoms with van der Waals surface area (Å²) in [6, 6.07) is 16.2. The maximum atomic E-state index is 12.2. The van der Waals surface area contributed by atoms with Crippen LogP contribution in [0.5, 0.6) is 0 Å². The molecular weight excluding hydrogens is 308 g/mol. The molecule has 0 bridgehead atoms. The topological polar surface area (TPSA) is 70.0 Å². The predicted molar refractivity (Wildman–Crippen MR) is 91.3 cm³/mol. The summed E-state index contributed by atoms with van der Waals surface area (Å²) >= 11 is 0. The highest BCUT2D eigenvalue weighted by Gasteiger charge is 2.47. The lowest BCUT2D eigenvalue weighted by Crippen LogP contribution is -2.37. The van der Waals surface area contributed by atoms with E-state index in [2.05, 4.69) is 35.1 Å². The van der Waals surface area contributed by atoms with E-state index >= 15 is 0 Å². The highest BCUT2D eigenvalue weighted by atomic mass is 32.2. The van der Waals surface area contributed by atoms with Gasteiger partial charge in [-0.25, -0.2) is 13.1 Å². The molecule has 0 amide bonds. The number of hydrogen-bond donors (Lipinski definition) is 1. The summed E-state index contributed by atoms with van der Waals surface area (Å²) in [5, 5.41) is 11.4. The van der Waals surface area contributed by atoms with Gasteiger partial charge in [0.1, 0.15) is 0 Å². The molecule has 120 valence electrons. The number of nitriles is 1. The van der Waals surface area contributed by atoms with E-state index in [4.69, 9.17) is 5.26 Å². The first-order valence-electron chi connectivity index (χ1n) is 7.80. The van der Waals surface area contributed by atoms with Gasteiger partial charge in [-0.2, -0.15) is 5.26 Å². The van der Waals surface area contributed by atoms with E-state index in [1.54, 1.807) is 0 Å². The fraction of sp³-hybridized carbons (Fsp3) is 0.389. The van der Waals surface area contributed by atoms with Crippen LogP contribution in [0.2, 0.25) is 0 Å². The molecule has 1 saturated carbocycles. The largest absolute Gasteiger partial charge is 0.213 e. The van der Waals surface area contributed by atoms with Gasteiger partial charge in [0.05, 0.1) is 17.2 Å². The summed E-state index contributed by atoms with van der Waals surface area (Å²) in [6.07, 6.45) is 2.00. The molecule has 4 nitrogen and oxygen atoms in total. The fourth-order valence-electron chi connectivity index (χ4n) is 2.91. The third kappa shape index (κ3) is 3.90. The van der Waals surface area contributed by atoms with Crippen molar-refractivity contribution in [3.63, 3.8) is 0 Å². The molecule has 1 unspecified atom stereocenters. The molecule has 1 atom stereocenters. The minimum absolute atomic E-state index is 0.0848. The Balaban J connectivity index is 1.66. The Bertz CT molecular complexity index is 864. The number of nitrogens with one attached hydrogen (secondary N) is 1. The molecule has 1 aliphatic carbocycles. The molecule has 3 rings (SSSR count). The number of sulfonamides is 1. The SMILES string of the molecule is CC(Cc1ccc2ccccc2c1)NS(=O)(=O)CC1(C#N)CC1. The van der Waals surface area contributed by atoms with Crippen LogP contribution in [-0.2, 0) is 16.4 Å². The van der Waals surface area contributed by atoms with Crippen LogP contribution in [-0.4, -0.2) is 20.2 Å². The Morgan fingerprint density at radius 1 is 1.22 bits per heavy atom. The van der Waals surface area contributed by atoms with Crippen molar-refractivity contribution >= 4 is 20.8 Å². The van der Waals surface area contributed by atoms with Crippen LogP contribution in [0.15, 0.2) is 42.5 Å². The Labute approximate surface area is 137 Å². The minimum atomic E-state index is -3.42. The van der Waals surface area contributed by atoms with Gasteiger partial charge in [-0.1, -0.05) is 42.5 Å². The Morgan fingerprint density at radius 3 is 2.57 bits per heavy atom. The van der Waals surface area contributed by atoms with Gasteiger partial charge in [-0.15, -0.1) is 0 Å². The van der Waals surface area contributed by atoms with Gasteiger partial charge in [-0.05, 0) is 42.5 Å². The third-order valence-corrected chi connectivity index (χ3v) is 5.99. The molecule has 1 N–H and O–H groups in total. The van der Waals surface area contributed by atoms with Crippen molar-refractivity contribution in [1.29, 1.82) is 5.26 Å². The van der Waals surface area contributed by atoms with Crippen LogP contribution in [0.25, 0.3) is 10.8 Å². The molecule has 1 aliphatic rings. The molecule has 0 radical (unpaired) electrons. The highest BCUT2D eigenvalue weighted by molar-refractivity contribution is 7.89. The summed E-state index contributed by atoms with van der Waals surface area (Å²) in [7, 11) is -3.42. The Kier molecular flexibility index (Phi) is 4.13. The molecule has 2 aromatic carbocycles. The molecular formula is C18H20N2O2S. The average Bonchev–Trinajstić information content (AvgIpc) is 3.25. The standard InChI is InChI=1S/C18H20N2O2S/c1-14(20-23(21,22)13-18(12-19)8-9-18)10-15-6-7-16-4-2-3-5-17(16)11-15/h2-7,11,14,20H,8-10,13H2,1H3. The predicted octanol–water partition coefficient (Wildman–Crippen LogP) is 2.99. The third-order valence-electron chi connectivity index (χ3n) is 4.29. The lowest BCUT2D eigenvalue weighted by molar-refractivity contribution is 0.549. The van der Waals surface area contributed by atoms with Crippen molar-refractivity contribution in [2.75, 3.05) is 5.75 Å². The van der Waals surface area contributed by atoms with Crippen LogP contribution in [0.4, 0.5) is 0 Å². The second-order valence-corrected chi connectivity index (χ2v) is 8.31. The van der Waals surface area contributed by atoms with Crippen LogP contribution < -0.4 is 4.72 Å². The Morgan fingerprint density at radius 2 is 1.91 bits per heavy atom. The molecule has 0 aliphatic heterocycles. The van der Waals surface area contributed by atoms with Crippen molar-refractivity contribution in [1.82, 2.24) is 4.72 Å². The normalized spacial score (nSPS) is 17.6. The van der Waals surface area contributed by atoms with E-state index in [-0.39, 0.29) is 11.8 Å². The summed E-state index contributed by atoms with van der Waals surface area (Å²) in [6.45, 7) is 1.86. The first-order chi connectivity index (χ1) is 10.9. The van der Waals surface area contributed by atoms with E-state index in [1.165, 1.54) is 5.39 Å². The van der Waals surface area contributed by atoms with Crippen molar-refractivity contribution in [2.45, 2.75) is 32.2 Å². The monoisotopic (exact) mass is 328 g/mol. The van der Waals surface area contributed by atoms with Gasteiger partial charge >= 0.3 is 0 Å². The summed E-state index contributed by atoms with van der Waals surface area (Å²) < 4.78 is 27.1. The molecule has 23 heavy (non-hydrogen) atoms. The van der Waals surface area contributed by atoms with Crippen molar-refractivity contribution in [2.24, 2.45) is 5.41 Å². The molecule has 0 saturated heterocycles. The zero-order valence-corrected chi connectivity index (χ0v) is 13.9. The van der Waals surface area contributed by atoms with Crippen LogP contribution in [0.1, 0.15) is 25.3 Å². The molecule has 2 aromatic rings. The van der Waals surface area contributed by atoms with Crippen LogP contribution >= 0.6 is 0 Å². The maximum Gasteiger partial charge on any atom is 0.213 e. The molecule has 0 heterocycles. The second kappa shape index (κ2) is 5.95. The van der Waals surface area contributed by atoms with Crippen LogP contribution in [0.3, 0.4) is 0 Å². The van der Waals surface area contributed by atoms with E-state index in [0.717, 1.165) is 10.9 Å². The summed E-state index contributed by atoms with van der Waals surface area (Å²) in [5.74, 6) is -0.0848. The minimum Gasteiger partial charge on any atom is -0.212 e. The van der Waals surface area contributed by atoms with Crippen molar-refractivity contribution < 1.29 is 8.42 Å². The van der Waals surface area contributed by atoms with Gasteiger partial charge in [0.25, 0.3) is 0 Å². The molecule has 1 fully saturated rings. The lowest BCUT2D eigenvalue weighted by Gasteiger charge is -2.16. The zero-order valence-electron chi connectivity index (χ0n) is 13.1. The van der Waals surface area contributed by atoms with Crippen molar-refractivity contribution in [3.05, 3.63) is 48.0 Å². The van der Waals surface area contributed by atoms with Gasteiger partial charge in [0, 0.05) is 6.04 Å². The van der Waals surface area contributed by atoms with Crippen molar-refractivity contribution in [3.8, 4) is 6.07 Å². The average molecular weight is 328 g/mol. The summed E-state index contributed by atoms with van der Waals surface area (Å²) in [5.41, 5.74) is 0.453. The second-order valence-electron chi connectivity index (χ2n) is 6.56. The van der Waals surface area contributed by atoms with E-state index in [9.17, 15) is 8.42 Å². The Hall–Kier alpha value is -1.90.